The zero-order chi connectivity index (χ0) is 12.7. The summed E-state index contributed by atoms with van der Waals surface area (Å²) >= 11 is 0. The van der Waals surface area contributed by atoms with Gasteiger partial charge < -0.3 is 15.8 Å². The third kappa shape index (κ3) is 4.54. The summed E-state index contributed by atoms with van der Waals surface area (Å²) in [6, 6.07) is 7.16. The fourth-order valence-corrected chi connectivity index (χ4v) is 1.52. The van der Waals surface area contributed by atoms with Crippen molar-refractivity contribution in [3.63, 3.8) is 0 Å². The Labute approximate surface area is 102 Å². The van der Waals surface area contributed by atoms with Crippen molar-refractivity contribution in [2.45, 2.75) is 25.8 Å². The van der Waals surface area contributed by atoms with Crippen molar-refractivity contribution in [1.82, 2.24) is 0 Å². The molecule has 17 heavy (non-hydrogen) atoms. The Balaban J connectivity index is 2.46. The van der Waals surface area contributed by atoms with Gasteiger partial charge in [0.15, 0.2) is 0 Å². The summed E-state index contributed by atoms with van der Waals surface area (Å²) in [7, 11) is 1.64. The van der Waals surface area contributed by atoms with E-state index in [9.17, 15) is 4.79 Å². The SMILES string of the molecule is COCCCC(N)C(=O)Nc1ccccc1C. The lowest BCUT2D eigenvalue weighted by Crippen LogP contribution is -2.35. The lowest BCUT2D eigenvalue weighted by Gasteiger charge is -2.13. The highest BCUT2D eigenvalue weighted by Gasteiger charge is 2.13. The maximum atomic E-state index is 11.8. The molecule has 94 valence electrons. The van der Waals surface area contributed by atoms with E-state index < -0.39 is 6.04 Å². The molecule has 0 heterocycles. The molecule has 1 aromatic carbocycles. The summed E-state index contributed by atoms with van der Waals surface area (Å²) in [5, 5.41) is 2.83. The molecule has 0 saturated heterocycles. The van der Waals surface area contributed by atoms with E-state index in [0.717, 1.165) is 17.7 Å². The van der Waals surface area contributed by atoms with Crippen LogP contribution in [0.2, 0.25) is 0 Å². The first-order valence-electron chi connectivity index (χ1n) is 5.76. The summed E-state index contributed by atoms with van der Waals surface area (Å²) in [6.07, 6.45) is 1.42. The fourth-order valence-electron chi connectivity index (χ4n) is 1.52. The second kappa shape index (κ2) is 7.04. The molecule has 0 radical (unpaired) electrons. The quantitative estimate of drug-likeness (QED) is 0.739. The van der Waals surface area contributed by atoms with Gasteiger partial charge in [-0.1, -0.05) is 18.2 Å². The predicted molar refractivity (Wildman–Crippen MR) is 68.9 cm³/mol. The summed E-state index contributed by atoms with van der Waals surface area (Å²) in [4.78, 5) is 11.8. The van der Waals surface area contributed by atoms with Gasteiger partial charge in [-0.2, -0.15) is 0 Å². The second-order valence-electron chi connectivity index (χ2n) is 4.05. The molecule has 0 aliphatic rings. The molecule has 0 bridgehead atoms. The number of methoxy groups -OCH3 is 1. The number of nitrogens with one attached hydrogen (secondary N) is 1. The summed E-state index contributed by atoms with van der Waals surface area (Å²) < 4.78 is 4.92. The number of aryl methyl sites for hydroxylation is 1. The molecule has 1 atom stereocenters. The van der Waals surface area contributed by atoms with Crippen LogP contribution in [0.3, 0.4) is 0 Å². The topological polar surface area (TPSA) is 64.3 Å². The van der Waals surface area contributed by atoms with Crippen molar-refractivity contribution in [3.8, 4) is 0 Å². The molecule has 0 spiro atoms. The van der Waals surface area contributed by atoms with Crippen LogP contribution in [-0.2, 0) is 9.53 Å². The van der Waals surface area contributed by atoms with Crippen LogP contribution in [-0.4, -0.2) is 25.7 Å². The first kappa shape index (κ1) is 13.7. The number of amides is 1. The van der Waals surface area contributed by atoms with Crippen LogP contribution in [0, 0.1) is 6.92 Å². The second-order valence-corrected chi connectivity index (χ2v) is 4.05. The Morgan fingerprint density at radius 3 is 2.82 bits per heavy atom. The van der Waals surface area contributed by atoms with Crippen molar-refractivity contribution < 1.29 is 9.53 Å². The summed E-state index contributed by atoms with van der Waals surface area (Å²) in [6.45, 7) is 2.58. The van der Waals surface area contributed by atoms with Crippen molar-refractivity contribution in [3.05, 3.63) is 29.8 Å². The number of ether oxygens (including phenoxy) is 1. The molecule has 4 heteroatoms. The monoisotopic (exact) mass is 236 g/mol. The first-order valence-corrected chi connectivity index (χ1v) is 5.76. The Morgan fingerprint density at radius 2 is 2.18 bits per heavy atom. The van der Waals surface area contributed by atoms with Gasteiger partial charge in [-0.3, -0.25) is 4.79 Å². The third-order valence-electron chi connectivity index (χ3n) is 2.60. The van der Waals surface area contributed by atoms with E-state index in [4.69, 9.17) is 10.5 Å². The molecule has 1 amide bonds. The van der Waals surface area contributed by atoms with E-state index in [1.54, 1.807) is 7.11 Å². The molecule has 0 aromatic heterocycles. The van der Waals surface area contributed by atoms with E-state index in [2.05, 4.69) is 5.32 Å². The number of carbonyl (C=O) groups excluding carboxylic acids is 1. The van der Waals surface area contributed by atoms with Gasteiger partial charge in [0, 0.05) is 19.4 Å². The van der Waals surface area contributed by atoms with Crippen LogP contribution in [0.15, 0.2) is 24.3 Å². The maximum absolute atomic E-state index is 11.8. The highest BCUT2D eigenvalue weighted by atomic mass is 16.5. The number of rotatable bonds is 6. The Hall–Kier alpha value is -1.39. The fraction of sp³-hybridized carbons (Fsp3) is 0.462. The van der Waals surface area contributed by atoms with Crippen molar-refractivity contribution in [2.24, 2.45) is 5.73 Å². The van der Waals surface area contributed by atoms with Crippen LogP contribution in [0.1, 0.15) is 18.4 Å². The van der Waals surface area contributed by atoms with Gasteiger partial charge in [0.05, 0.1) is 6.04 Å². The molecular formula is C13H20N2O2. The lowest BCUT2D eigenvalue weighted by atomic mass is 10.1. The number of hydrogen-bond acceptors (Lipinski definition) is 3. The minimum absolute atomic E-state index is 0.143. The standard InChI is InChI=1S/C13H20N2O2/c1-10-6-3-4-8-12(10)15-13(16)11(14)7-5-9-17-2/h3-4,6,8,11H,5,7,9,14H2,1-2H3,(H,15,16). The van der Waals surface area contributed by atoms with Gasteiger partial charge >= 0.3 is 0 Å². The average Bonchev–Trinajstić information content (AvgIpc) is 2.32. The lowest BCUT2D eigenvalue weighted by molar-refractivity contribution is -0.117. The van der Waals surface area contributed by atoms with Crippen molar-refractivity contribution in [1.29, 1.82) is 0 Å². The number of nitrogens with two attached hydrogens (primary N) is 1. The molecular weight excluding hydrogens is 216 g/mol. The highest BCUT2D eigenvalue weighted by Crippen LogP contribution is 2.13. The predicted octanol–water partition coefficient (Wildman–Crippen LogP) is 1.69. The number of hydrogen-bond donors (Lipinski definition) is 2. The molecule has 3 N–H and O–H groups in total. The number of anilines is 1. The molecule has 0 aliphatic heterocycles. The number of carbonyl (C=O) groups is 1. The Morgan fingerprint density at radius 1 is 1.47 bits per heavy atom. The zero-order valence-electron chi connectivity index (χ0n) is 10.4. The molecule has 0 fully saturated rings. The third-order valence-corrected chi connectivity index (χ3v) is 2.60. The molecule has 1 rings (SSSR count). The van der Waals surface area contributed by atoms with E-state index in [0.29, 0.717) is 13.0 Å². The molecule has 1 unspecified atom stereocenters. The van der Waals surface area contributed by atoms with E-state index in [-0.39, 0.29) is 5.91 Å². The molecule has 4 nitrogen and oxygen atoms in total. The van der Waals surface area contributed by atoms with Gasteiger partial charge in [0.25, 0.3) is 0 Å². The van der Waals surface area contributed by atoms with Gasteiger partial charge in [-0.05, 0) is 31.4 Å². The van der Waals surface area contributed by atoms with Gasteiger partial charge in [-0.25, -0.2) is 0 Å². The largest absolute Gasteiger partial charge is 0.385 e. The van der Waals surface area contributed by atoms with Crippen LogP contribution >= 0.6 is 0 Å². The molecule has 0 aliphatic carbocycles. The number of benzene rings is 1. The molecule has 1 aromatic rings. The normalized spacial score (nSPS) is 12.2. The zero-order valence-corrected chi connectivity index (χ0v) is 10.4. The van der Waals surface area contributed by atoms with E-state index >= 15 is 0 Å². The summed E-state index contributed by atoms with van der Waals surface area (Å²) in [5.74, 6) is -0.143. The minimum Gasteiger partial charge on any atom is -0.385 e. The molecule has 0 saturated carbocycles. The van der Waals surface area contributed by atoms with E-state index in [1.807, 2.05) is 31.2 Å². The smallest absolute Gasteiger partial charge is 0.241 e. The van der Waals surface area contributed by atoms with Crippen molar-refractivity contribution in [2.75, 3.05) is 19.0 Å². The van der Waals surface area contributed by atoms with Gasteiger partial charge in [0.2, 0.25) is 5.91 Å². The Bertz CT molecular complexity index is 366. The van der Waals surface area contributed by atoms with E-state index in [1.165, 1.54) is 0 Å². The van der Waals surface area contributed by atoms with Crippen molar-refractivity contribution >= 4 is 11.6 Å². The average molecular weight is 236 g/mol. The van der Waals surface area contributed by atoms with Crippen LogP contribution < -0.4 is 11.1 Å². The Kier molecular flexibility index (Phi) is 5.66. The summed E-state index contributed by atoms with van der Waals surface area (Å²) in [5.41, 5.74) is 7.64. The van der Waals surface area contributed by atoms with Crippen LogP contribution in [0.5, 0.6) is 0 Å². The maximum Gasteiger partial charge on any atom is 0.241 e. The minimum atomic E-state index is -0.482. The number of para-hydroxylation sites is 1. The van der Waals surface area contributed by atoms with Gasteiger partial charge in [0.1, 0.15) is 0 Å². The van der Waals surface area contributed by atoms with Crippen LogP contribution in [0.4, 0.5) is 5.69 Å². The first-order chi connectivity index (χ1) is 8.15. The highest BCUT2D eigenvalue weighted by molar-refractivity contribution is 5.95. The van der Waals surface area contributed by atoms with Crippen LogP contribution in [0.25, 0.3) is 0 Å². The van der Waals surface area contributed by atoms with Gasteiger partial charge in [-0.15, -0.1) is 0 Å².